The first-order valence-corrected chi connectivity index (χ1v) is 12.7. The van der Waals surface area contributed by atoms with E-state index in [-0.39, 0.29) is 29.9 Å². The van der Waals surface area contributed by atoms with Crippen molar-refractivity contribution in [2.24, 2.45) is 10.9 Å². The number of guanidine groups is 1. The van der Waals surface area contributed by atoms with Gasteiger partial charge in [-0.15, -0.1) is 24.0 Å². The summed E-state index contributed by atoms with van der Waals surface area (Å²) in [5.74, 6) is 3.63. The zero-order valence-corrected chi connectivity index (χ0v) is 22.3. The molecule has 8 heteroatoms. The predicted molar refractivity (Wildman–Crippen MR) is 146 cm³/mol. The maximum Gasteiger partial charge on any atom is 0.225 e. The van der Waals surface area contributed by atoms with Crippen LogP contribution in [-0.4, -0.2) is 66.0 Å². The standard InChI is InChI=1S/C24H35N5OS.HI/c1-17-4-3-5-21-19(16-27-22(17)21)10-11-26-24(25-2)28-20-8-6-18(7-9-20)23(30)29-12-14-31-15-13-29;/h3-5,16,18,20,27H,6-15H2,1-2H3,(H2,25,26,28);1H. The van der Waals surface area contributed by atoms with Gasteiger partial charge in [-0.25, -0.2) is 0 Å². The van der Waals surface area contributed by atoms with Crippen LogP contribution in [0.15, 0.2) is 29.4 Å². The molecule has 1 amide bonds. The zero-order valence-electron chi connectivity index (χ0n) is 19.2. The van der Waals surface area contributed by atoms with Crippen molar-refractivity contribution in [1.82, 2.24) is 20.5 Å². The zero-order chi connectivity index (χ0) is 21.6. The van der Waals surface area contributed by atoms with Gasteiger partial charge in [-0.2, -0.15) is 11.8 Å². The second kappa shape index (κ2) is 12.2. The highest BCUT2D eigenvalue weighted by molar-refractivity contribution is 14.0. The van der Waals surface area contributed by atoms with Crippen LogP contribution in [0.2, 0.25) is 0 Å². The molecule has 1 saturated carbocycles. The number of para-hydroxylation sites is 1. The number of carbonyl (C=O) groups is 1. The number of aryl methyl sites for hydroxylation is 1. The third-order valence-electron chi connectivity index (χ3n) is 6.66. The number of hydrogen-bond donors (Lipinski definition) is 3. The lowest BCUT2D eigenvalue weighted by molar-refractivity contribution is -0.136. The number of hydrogen-bond acceptors (Lipinski definition) is 3. The Morgan fingerprint density at radius 3 is 2.69 bits per heavy atom. The highest BCUT2D eigenvalue weighted by Crippen LogP contribution is 2.27. The molecule has 6 nitrogen and oxygen atoms in total. The molecule has 0 unspecified atom stereocenters. The van der Waals surface area contributed by atoms with Crippen LogP contribution in [-0.2, 0) is 11.2 Å². The highest BCUT2D eigenvalue weighted by atomic mass is 127. The highest BCUT2D eigenvalue weighted by Gasteiger charge is 2.30. The molecule has 2 fully saturated rings. The quantitative estimate of drug-likeness (QED) is 0.290. The Bertz CT molecular complexity index is 916. The van der Waals surface area contributed by atoms with Crippen molar-refractivity contribution in [1.29, 1.82) is 0 Å². The molecule has 0 bridgehead atoms. The van der Waals surface area contributed by atoms with E-state index in [0.717, 1.165) is 69.2 Å². The fourth-order valence-corrected chi connectivity index (χ4v) is 5.70. The number of aliphatic imine (C=N–C) groups is 1. The molecule has 0 atom stereocenters. The molecule has 0 spiro atoms. The van der Waals surface area contributed by atoms with E-state index < -0.39 is 0 Å². The lowest BCUT2D eigenvalue weighted by Gasteiger charge is -2.34. The molecular weight excluding hydrogens is 533 g/mol. The fourth-order valence-electron chi connectivity index (χ4n) is 4.80. The molecule has 0 radical (unpaired) electrons. The van der Waals surface area contributed by atoms with Crippen LogP contribution in [0, 0.1) is 12.8 Å². The Morgan fingerprint density at radius 1 is 1.22 bits per heavy atom. The smallest absolute Gasteiger partial charge is 0.225 e. The van der Waals surface area contributed by atoms with E-state index in [2.05, 4.69) is 56.8 Å². The number of nitrogens with one attached hydrogen (secondary N) is 3. The van der Waals surface area contributed by atoms with Gasteiger partial charge in [0.2, 0.25) is 5.91 Å². The summed E-state index contributed by atoms with van der Waals surface area (Å²) >= 11 is 1.95. The third-order valence-corrected chi connectivity index (χ3v) is 7.60. The van der Waals surface area contributed by atoms with Crippen molar-refractivity contribution in [3.05, 3.63) is 35.5 Å². The number of aromatic nitrogens is 1. The van der Waals surface area contributed by atoms with Crippen molar-refractivity contribution in [3.8, 4) is 0 Å². The number of fused-ring (bicyclic) bond motifs is 1. The number of benzene rings is 1. The third kappa shape index (κ3) is 6.12. The van der Waals surface area contributed by atoms with Crippen LogP contribution in [0.25, 0.3) is 10.9 Å². The van der Waals surface area contributed by atoms with E-state index in [1.807, 2.05) is 18.8 Å². The monoisotopic (exact) mass is 569 g/mol. The van der Waals surface area contributed by atoms with Crippen molar-refractivity contribution >= 4 is 58.5 Å². The minimum Gasteiger partial charge on any atom is -0.361 e. The van der Waals surface area contributed by atoms with Gasteiger partial charge >= 0.3 is 0 Å². The Balaban J connectivity index is 0.00000289. The van der Waals surface area contributed by atoms with Gasteiger partial charge in [0.05, 0.1) is 0 Å². The minimum absolute atomic E-state index is 0. The maximum atomic E-state index is 12.8. The normalized spacial score (nSPS) is 21.8. The van der Waals surface area contributed by atoms with Gasteiger partial charge in [-0.05, 0) is 50.2 Å². The van der Waals surface area contributed by atoms with Crippen molar-refractivity contribution in [3.63, 3.8) is 0 Å². The average Bonchev–Trinajstić information content (AvgIpc) is 3.23. The maximum absolute atomic E-state index is 12.8. The molecule has 32 heavy (non-hydrogen) atoms. The molecule has 4 rings (SSSR count). The minimum atomic E-state index is 0. The Labute approximate surface area is 212 Å². The second-order valence-corrected chi connectivity index (χ2v) is 9.92. The van der Waals surface area contributed by atoms with Gasteiger partial charge in [0, 0.05) is 67.2 Å². The summed E-state index contributed by atoms with van der Waals surface area (Å²) in [6.45, 7) is 4.82. The number of carbonyl (C=O) groups excluding carboxylic acids is 1. The molecule has 2 heterocycles. The van der Waals surface area contributed by atoms with Gasteiger partial charge in [0.1, 0.15) is 0 Å². The van der Waals surface area contributed by atoms with Crippen LogP contribution in [0.5, 0.6) is 0 Å². The van der Waals surface area contributed by atoms with Gasteiger partial charge in [-0.3, -0.25) is 9.79 Å². The molecule has 2 aliphatic rings. The van der Waals surface area contributed by atoms with E-state index >= 15 is 0 Å². The molecule has 1 aliphatic carbocycles. The molecule has 176 valence electrons. The summed E-state index contributed by atoms with van der Waals surface area (Å²) in [5.41, 5.74) is 3.84. The first-order chi connectivity index (χ1) is 15.2. The molecule has 3 N–H and O–H groups in total. The molecule has 1 aliphatic heterocycles. The SMILES string of the molecule is CN=C(NCCc1c[nH]c2c(C)cccc12)NC1CCC(C(=O)N2CCSCC2)CC1.I. The summed E-state index contributed by atoms with van der Waals surface area (Å²) in [6.07, 6.45) is 7.08. The lowest BCUT2D eigenvalue weighted by Crippen LogP contribution is -2.47. The summed E-state index contributed by atoms with van der Waals surface area (Å²) < 4.78 is 0. The number of rotatable bonds is 5. The number of amides is 1. The predicted octanol–water partition coefficient (Wildman–Crippen LogP) is 3.94. The number of H-pyrrole nitrogens is 1. The van der Waals surface area contributed by atoms with Crippen molar-refractivity contribution in [2.45, 2.75) is 45.1 Å². The van der Waals surface area contributed by atoms with Crippen molar-refractivity contribution in [2.75, 3.05) is 38.2 Å². The summed E-state index contributed by atoms with van der Waals surface area (Å²) in [5, 5.41) is 8.35. The first-order valence-electron chi connectivity index (χ1n) is 11.5. The van der Waals surface area contributed by atoms with Gasteiger partial charge in [0.25, 0.3) is 0 Å². The fraction of sp³-hybridized carbons (Fsp3) is 0.583. The summed E-state index contributed by atoms with van der Waals surface area (Å²) in [4.78, 5) is 22.7. The number of thioether (sulfide) groups is 1. The van der Waals surface area contributed by atoms with E-state index in [0.29, 0.717) is 11.9 Å². The first kappa shape index (κ1) is 25.2. The van der Waals surface area contributed by atoms with Crippen LogP contribution in [0.4, 0.5) is 0 Å². The largest absolute Gasteiger partial charge is 0.361 e. The van der Waals surface area contributed by atoms with Gasteiger partial charge in [-0.1, -0.05) is 18.2 Å². The van der Waals surface area contributed by atoms with E-state index in [4.69, 9.17) is 0 Å². The van der Waals surface area contributed by atoms with E-state index in [1.54, 1.807) is 0 Å². The summed E-state index contributed by atoms with van der Waals surface area (Å²) in [6, 6.07) is 6.83. The van der Waals surface area contributed by atoms with Crippen molar-refractivity contribution < 1.29 is 4.79 Å². The Hall–Kier alpha value is -1.42. The van der Waals surface area contributed by atoms with Gasteiger partial charge < -0.3 is 20.5 Å². The molecule has 1 saturated heterocycles. The van der Waals surface area contributed by atoms with Crippen LogP contribution >= 0.6 is 35.7 Å². The average molecular weight is 570 g/mol. The lowest BCUT2D eigenvalue weighted by atomic mass is 9.85. The Kier molecular flexibility index (Phi) is 9.58. The summed E-state index contributed by atoms with van der Waals surface area (Å²) in [7, 11) is 1.83. The van der Waals surface area contributed by atoms with E-state index in [1.165, 1.54) is 22.0 Å². The van der Waals surface area contributed by atoms with Crippen LogP contribution < -0.4 is 10.6 Å². The number of halogens is 1. The molecular formula is C24H36IN5OS. The Morgan fingerprint density at radius 2 is 1.97 bits per heavy atom. The topological polar surface area (TPSA) is 72.5 Å². The molecule has 1 aromatic heterocycles. The van der Waals surface area contributed by atoms with Crippen LogP contribution in [0.3, 0.4) is 0 Å². The van der Waals surface area contributed by atoms with Gasteiger partial charge in [0.15, 0.2) is 5.96 Å². The molecule has 2 aromatic rings. The molecule has 1 aromatic carbocycles. The van der Waals surface area contributed by atoms with Crippen LogP contribution in [0.1, 0.15) is 36.8 Å². The van der Waals surface area contributed by atoms with E-state index in [9.17, 15) is 4.79 Å². The number of nitrogens with zero attached hydrogens (tertiary/aromatic N) is 2. The second-order valence-electron chi connectivity index (χ2n) is 8.69. The number of aromatic amines is 1.